The largest absolute Gasteiger partial charge is 0.449 e. The quantitative estimate of drug-likeness (QED) is 0.668. The van der Waals surface area contributed by atoms with Crippen molar-refractivity contribution >= 4 is 29.2 Å². The number of esters is 1. The summed E-state index contributed by atoms with van der Waals surface area (Å²) in [5.74, 6) is -0.925. The van der Waals surface area contributed by atoms with Gasteiger partial charge in [-0.15, -0.1) is 0 Å². The average Bonchev–Trinajstić information content (AvgIpc) is 2.40. The van der Waals surface area contributed by atoms with Gasteiger partial charge in [0.2, 0.25) is 0 Å². The lowest BCUT2D eigenvalue weighted by atomic mass is 10.2. The highest BCUT2D eigenvalue weighted by Gasteiger charge is 2.17. The van der Waals surface area contributed by atoms with Gasteiger partial charge in [-0.2, -0.15) is 0 Å². The summed E-state index contributed by atoms with van der Waals surface area (Å²) < 4.78 is 4.99. The van der Waals surface area contributed by atoms with Crippen LogP contribution >= 0.6 is 11.6 Å². The van der Waals surface area contributed by atoms with Crippen LogP contribution in [0.15, 0.2) is 30.4 Å². The smallest absolute Gasteiger partial charge is 0.331 e. The number of benzene rings is 1. The van der Waals surface area contributed by atoms with E-state index in [1.54, 1.807) is 24.3 Å². The Morgan fingerprint density at radius 1 is 1.45 bits per heavy atom. The lowest BCUT2D eigenvalue weighted by Gasteiger charge is -2.14. The lowest BCUT2D eigenvalue weighted by Crippen LogP contribution is -2.29. The van der Waals surface area contributed by atoms with E-state index in [0.29, 0.717) is 10.7 Å². The summed E-state index contributed by atoms with van der Waals surface area (Å²) in [6, 6.07) is 5.20. The van der Waals surface area contributed by atoms with Gasteiger partial charge in [0.1, 0.15) is 0 Å². The van der Waals surface area contributed by atoms with Gasteiger partial charge in [-0.25, -0.2) is 4.79 Å². The standard InChI is InChI=1S/C15H18ClNO3/c1-4-5-6-14(18)20-11(3)15(19)17-13-9-12(16)8-7-10(13)2/h5-9,11H,4H2,1-3H3,(H,17,19)/b6-5+/t11-/m0/s1. The first-order chi connectivity index (χ1) is 9.43. The number of aryl methyl sites for hydroxylation is 1. The van der Waals surface area contributed by atoms with Gasteiger partial charge in [0, 0.05) is 16.8 Å². The molecule has 5 heteroatoms. The molecule has 0 saturated carbocycles. The van der Waals surface area contributed by atoms with Crippen LogP contribution < -0.4 is 5.32 Å². The third-order valence-electron chi connectivity index (χ3n) is 2.61. The Hall–Kier alpha value is -1.81. The Labute approximate surface area is 123 Å². The van der Waals surface area contributed by atoms with Gasteiger partial charge in [-0.3, -0.25) is 4.79 Å². The zero-order valence-electron chi connectivity index (χ0n) is 11.8. The second-order valence-corrected chi connectivity index (χ2v) is 4.77. The second kappa shape index (κ2) is 7.70. The molecule has 0 spiro atoms. The highest BCUT2D eigenvalue weighted by Crippen LogP contribution is 2.20. The van der Waals surface area contributed by atoms with E-state index in [9.17, 15) is 9.59 Å². The molecule has 0 aliphatic heterocycles. The fourth-order valence-electron chi connectivity index (χ4n) is 1.44. The maximum absolute atomic E-state index is 11.9. The van der Waals surface area contributed by atoms with Crippen molar-refractivity contribution in [3.8, 4) is 0 Å². The van der Waals surface area contributed by atoms with E-state index < -0.39 is 18.0 Å². The molecule has 1 aromatic carbocycles. The number of hydrogen-bond donors (Lipinski definition) is 1. The molecule has 108 valence electrons. The number of ether oxygens (including phenoxy) is 1. The zero-order chi connectivity index (χ0) is 15.1. The molecule has 1 aromatic rings. The molecule has 1 amide bonds. The van der Waals surface area contributed by atoms with E-state index in [1.165, 1.54) is 13.0 Å². The molecule has 0 saturated heterocycles. The van der Waals surface area contributed by atoms with Crippen LogP contribution in [0, 0.1) is 6.92 Å². The van der Waals surface area contributed by atoms with Crippen molar-refractivity contribution in [1.82, 2.24) is 0 Å². The summed E-state index contributed by atoms with van der Waals surface area (Å²) in [6.07, 6.45) is 2.85. The third-order valence-corrected chi connectivity index (χ3v) is 2.84. The molecular formula is C15H18ClNO3. The summed E-state index contributed by atoms with van der Waals surface area (Å²) in [7, 11) is 0. The van der Waals surface area contributed by atoms with Crippen molar-refractivity contribution in [2.75, 3.05) is 5.32 Å². The molecule has 0 aliphatic rings. The number of hydrogen-bond acceptors (Lipinski definition) is 3. The molecular weight excluding hydrogens is 278 g/mol. The van der Waals surface area contributed by atoms with Crippen LogP contribution in [0.4, 0.5) is 5.69 Å². The van der Waals surface area contributed by atoms with E-state index in [0.717, 1.165) is 12.0 Å². The van der Waals surface area contributed by atoms with E-state index in [1.807, 2.05) is 13.8 Å². The van der Waals surface area contributed by atoms with E-state index in [-0.39, 0.29) is 0 Å². The normalized spacial score (nSPS) is 12.2. The van der Waals surface area contributed by atoms with Crippen LogP contribution in [0.3, 0.4) is 0 Å². The Kier molecular flexibility index (Phi) is 6.25. The summed E-state index contributed by atoms with van der Waals surface area (Å²) in [5, 5.41) is 3.22. The molecule has 0 unspecified atom stereocenters. The number of nitrogens with one attached hydrogen (secondary N) is 1. The maximum atomic E-state index is 11.9. The Bertz CT molecular complexity index is 526. The molecule has 20 heavy (non-hydrogen) atoms. The number of amides is 1. The first kappa shape index (κ1) is 16.2. The molecule has 1 rings (SSSR count). The van der Waals surface area contributed by atoms with Gasteiger partial charge in [0.25, 0.3) is 5.91 Å². The van der Waals surface area contributed by atoms with Gasteiger partial charge in [-0.1, -0.05) is 30.7 Å². The summed E-state index contributed by atoms with van der Waals surface area (Å²) in [4.78, 5) is 23.3. The topological polar surface area (TPSA) is 55.4 Å². The number of carbonyl (C=O) groups excluding carboxylic acids is 2. The van der Waals surface area contributed by atoms with E-state index >= 15 is 0 Å². The van der Waals surface area contributed by atoms with Gasteiger partial charge < -0.3 is 10.1 Å². The predicted octanol–water partition coefficient (Wildman–Crippen LogP) is 3.48. The van der Waals surface area contributed by atoms with Crippen LogP contribution in [-0.2, 0) is 14.3 Å². The molecule has 0 bridgehead atoms. The Morgan fingerprint density at radius 2 is 2.15 bits per heavy atom. The molecule has 0 fully saturated rings. The van der Waals surface area contributed by atoms with Crippen molar-refractivity contribution in [2.24, 2.45) is 0 Å². The van der Waals surface area contributed by atoms with Crippen molar-refractivity contribution in [1.29, 1.82) is 0 Å². The monoisotopic (exact) mass is 295 g/mol. The average molecular weight is 296 g/mol. The van der Waals surface area contributed by atoms with Crippen LogP contribution in [0.5, 0.6) is 0 Å². The molecule has 4 nitrogen and oxygen atoms in total. The van der Waals surface area contributed by atoms with Crippen LogP contribution in [-0.4, -0.2) is 18.0 Å². The highest BCUT2D eigenvalue weighted by atomic mass is 35.5. The van der Waals surface area contributed by atoms with Crippen LogP contribution in [0.2, 0.25) is 5.02 Å². The zero-order valence-corrected chi connectivity index (χ0v) is 12.5. The molecule has 0 heterocycles. The molecule has 0 aliphatic carbocycles. The van der Waals surface area contributed by atoms with Crippen LogP contribution in [0.1, 0.15) is 25.8 Å². The Morgan fingerprint density at radius 3 is 2.80 bits per heavy atom. The first-order valence-electron chi connectivity index (χ1n) is 6.38. The third kappa shape index (κ3) is 5.05. The van der Waals surface area contributed by atoms with Gasteiger partial charge in [0.05, 0.1) is 0 Å². The number of allylic oxidation sites excluding steroid dienone is 1. The molecule has 1 N–H and O–H groups in total. The lowest BCUT2D eigenvalue weighted by molar-refractivity contribution is -0.148. The SMILES string of the molecule is CC/C=C/C(=O)O[C@@H](C)C(=O)Nc1cc(Cl)ccc1C. The maximum Gasteiger partial charge on any atom is 0.331 e. The van der Waals surface area contributed by atoms with E-state index in [2.05, 4.69) is 5.32 Å². The van der Waals surface area contributed by atoms with Gasteiger partial charge in [0.15, 0.2) is 6.10 Å². The Balaban J connectivity index is 2.64. The van der Waals surface area contributed by atoms with E-state index in [4.69, 9.17) is 16.3 Å². The van der Waals surface area contributed by atoms with Crippen molar-refractivity contribution in [2.45, 2.75) is 33.3 Å². The van der Waals surface area contributed by atoms with Crippen molar-refractivity contribution in [3.05, 3.63) is 40.9 Å². The minimum absolute atomic E-state index is 0.395. The fourth-order valence-corrected chi connectivity index (χ4v) is 1.62. The number of carbonyl (C=O) groups is 2. The fraction of sp³-hybridized carbons (Fsp3) is 0.333. The summed E-state index contributed by atoms with van der Waals surface area (Å²) in [5.41, 5.74) is 1.49. The number of halogens is 1. The first-order valence-corrected chi connectivity index (χ1v) is 6.76. The summed E-state index contributed by atoms with van der Waals surface area (Å²) in [6.45, 7) is 5.28. The van der Waals surface area contributed by atoms with Gasteiger partial charge in [-0.05, 0) is 38.0 Å². The molecule has 0 radical (unpaired) electrons. The minimum atomic E-state index is -0.873. The number of rotatable bonds is 5. The van der Waals surface area contributed by atoms with Crippen LogP contribution in [0.25, 0.3) is 0 Å². The van der Waals surface area contributed by atoms with Crippen molar-refractivity contribution < 1.29 is 14.3 Å². The minimum Gasteiger partial charge on any atom is -0.449 e. The van der Waals surface area contributed by atoms with Gasteiger partial charge >= 0.3 is 5.97 Å². The predicted molar refractivity (Wildman–Crippen MR) is 79.8 cm³/mol. The summed E-state index contributed by atoms with van der Waals surface area (Å²) >= 11 is 5.88. The molecule has 0 aromatic heterocycles. The van der Waals surface area contributed by atoms with Crippen molar-refractivity contribution in [3.63, 3.8) is 0 Å². The second-order valence-electron chi connectivity index (χ2n) is 4.34. The molecule has 1 atom stereocenters. The highest BCUT2D eigenvalue weighted by molar-refractivity contribution is 6.31. The number of anilines is 1.